The summed E-state index contributed by atoms with van der Waals surface area (Å²) in [5, 5.41) is 0. The molecule has 0 radical (unpaired) electrons. The third-order valence-electron chi connectivity index (χ3n) is 10.8. The van der Waals surface area contributed by atoms with E-state index in [0.717, 1.165) is 56.8 Å². The van der Waals surface area contributed by atoms with E-state index in [1.54, 1.807) is 0 Å². The zero-order chi connectivity index (χ0) is 34.7. The number of fused-ring (bicyclic) bond motifs is 4. The van der Waals surface area contributed by atoms with Gasteiger partial charge in [-0.2, -0.15) is 0 Å². The average molecular weight is 662 g/mol. The fraction of sp³-hybridized carbons (Fsp3) is 0.125. The van der Waals surface area contributed by atoms with Crippen LogP contribution < -0.4 is 14.4 Å². The molecule has 2 aliphatic rings. The lowest BCUT2D eigenvalue weighted by atomic mass is 9.75. The molecule has 0 unspecified atom stereocenters. The van der Waals surface area contributed by atoms with E-state index >= 15 is 0 Å². The fourth-order valence-corrected chi connectivity index (χ4v) is 7.97. The van der Waals surface area contributed by atoms with E-state index in [1.165, 1.54) is 27.8 Å². The zero-order valence-corrected chi connectivity index (χ0v) is 29.4. The van der Waals surface area contributed by atoms with Crippen LogP contribution in [0.25, 0.3) is 22.3 Å². The molecule has 7 aromatic carbocycles. The van der Waals surface area contributed by atoms with Gasteiger partial charge in [0, 0.05) is 50.0 Å². The SMILES string of the molecule is CC1(C)c2ccccc2Oc2c(-c3ccc(N(c4ccc(-c5ccccc5)cc4)c4cccc5c4Oc4ccccc4C5(C)C)cc3)cccc21. The summed E-state index contributed by atoms with van der Waals surface area (Å²) in [7, 11) is 0. The minimum absolute atomic E-state index is 0.179. The minimum atomic E-state index is -0.230. The van der Waals surface area contributed by atoms with Crippen LogP contribution in [0.2, 0.25) is 0 Å². The maximum absolute atomic E-state index is 6.81. The largest absolute Gasteiger partial charge is 0.456 e. The van der Waals surface area contributed by atoms with Crippen molar-refractivity contribution in [1.82, 2.24) is 0 Å². The van der Waals surface area contributed by atoms with E-state index < -0.39 is 0 Å². The molecule has 0 amide bonds. The van der Waals surface area contributed by atoms with Crippen molar-refractivity contribution in [2.75, 3.05) is 4.90 Å². The van der Waals surface area contributed by atoms with Crippen LogP contribution in [0, 0.1) is 0 Å². The molecule has 2 aliphatic heterocycles. The molecule has 0 N–H and O–H groups in total. The second-order valence-corrected chi connectivity index (χ2v) is 14.6. The highest BCUT2D eigenvalue weighted by molar-refractivity contribution is 5.85. The van der Waals surface area contributed by atoms with Gasteiger partial charge in [0.25, 0.3) is 0 Å². The van der Waals surface area contributed by atoms with E-state index in [4.69, 9.17) is 9.47 Å². The number of anilines is 3. The van der Waals surface area contributed by atoms with Gasteiger partial charge in [0.1, 0.15) is 17.2 Å². The molecule has 248 valence electrons. The Morgan fingerprint density at radius 1 is 0.373 bits per heavy atom. The molecular weight excluding hydrogens is 623 g/mol. The summed E-state index contributed by atoms with van der Waals surface area (Å²) in [6, 6.07) is 58.0. The van der Waals surface area contributed by atoms with Crippen molar-refractivity contribution in [1.29, 1.82) is 0 Å². The van der Waals surface area contributed by atoms with Gasteiger partial charge < -0.3 is 14.4 Å². The third kappa shape index (κ3) is 5.03. The standard InChI is InChI=1S/C48H39NO2/c1-47(2)38-17-8-10-22-43(38)50-45-37(16-12-19-40(45)47)34-26-30-36(31-27-34)49(35-28-24-33(25-29-35)32-14-6-5-7-15-32)42-21-13-20-41-46(42)51-44-23-11-9-18-39(44)48(41,3)4/h5-31H,1-4H3. The Hall–Kier alpha value is -6.06. The molecule has 3 nitrogen and oxygen atoms in total. The molecule has 0 saturated heterocycles. The van der Waals surface area contributed by atoms with Gasteiger partial charge in [0.05, 0.1) is 5.69 Å². The monoisotopic (exact) mass is 661 g/mol. The van der Waals surface area contributed by atoms with Crippen molar-refractivity contribution in [2.24, 2.45) is 0 Å². The van der Waals surface area contributed by atoms with Gasteiger partial charge in [0.2, 0.25) is 0 Å². The normalized spacial score (nSPS) is 14.5. The molecular formula is C48H39NO2. The molecule has 0 fully saturated rings. The maximum atomic E-state index is 6.81. The smallest absolute Gasteiger partial charge is 0.155 e. The Labute approximate surface area is 300 Å². The molecule has 0 saturated carbocycles. The van der Waals surface area contributed by atoms with Crippen LogP contribution in [-0.4, -0.2) is 0 Å². The first kappa shape index (κ1) is 31.0. The minimum Gasteiger partial charge on any atom is -0.456 e. The number of benzene rings is 7. The van der Waals surface area contributed by atoms with Crippen LogP contribution in [0.15, 0.2) is 164 Å². The highest BCUT2D eigenvalue weighted by Gasteiger charge is 2.37. The summed E-state index contributed by atoms with van der Waals surface area (Å²) in [4.78, 5) is 2.32. The van der Waals surface area contributed by atoms with Gasteiger partial charge in [0.15, 0.2) is 5.75 Å². The summed E-state index contributed by atoms with van der Waals surface area (Å²) in [6.07, 6.45) is 0. The third-order valence-corrected chi connectivity index (χ3v) is 10.8. The second kappa shape index (κ2) is 11.8. The molecule has 0 aliphatic carbocycles. The van der Waals surface area contributed by atoms with Crippen LogP contribution in [0.3, 0.4) is 0 Å². The van der Waals surface area contributed by atoms with Crippen LogP contribution in [0.5, 0.6) is 23.0 Å². The van der Waals surface area contributed by atoms with Crippen molar-refractivity contribution in [3.05, 3.63) is 186 Å². The summed E-state index contributed by atoms with van der Waals surface area (Å²) < 4.78 is 13.5. The predicted octanol–water partition coefficient (Wildman–Crippen LogP) is 13.4. The van der Waals surface area contributed by atoms with Crippen LogP contribution >= 0.6 is 0 Å². The predicted molar refractivity (Wildman–Crippen MR) is 209 cm³/mol. The Kier molecular flexibility index (Phi) is 7.15. The first-order valence-corrected chi connectivity index (χ1v) is 17.7. The van der Waals surface area contributed by atoms with E-state index in [1.807, 2.05) is 12.1 Å². The lowest BCUT2D eigenvalue weighted by Gasteiger charge is -2.37. The van der Waals surface area contributed by atoms with Crippen molar-refractivity contribution >= 4 is 17.1 Å². The molecule has 9 rings (SSSR count). The summed E-state index contributed by atoms with van der Waals surface area (Å²) in [6.45, 7) is 9.13. The fourth-order valence-electron chi connectivity index (χ4n) is 7.97. The Morgan fingerprint density at radius 2 is 0.824 bits per heavy atom. The van der Waals surface area contributed by atoms with Gasteiger partial charge in [-0.15, -0.1) is 0 Å². The summed E-state index contributed by atoms with van der Waals surface area (Å²) in [5.74, 6) is 3.62. The van der Waals surface area contributed by atoms with Crippen molar-refractivity contribution < 1.29 is 9.47 Å². The topological polar surface area (TPSA) is 21.7 Å². The first-order chi connectivity index (χ1) is 24.8. The molecule has 7 aromatic rings. The Balaban J connectivity index is 1.17. The molecule has 3 heteroatoms. The van der Waals surface area contributed by atoms with Crippen LogP contribution in [0.4, 0.5) is 17.1 Å². The molecule has 0 atom stereocenters. The van der Waals surface area contributed by atoms with Gasteiger partial charge in [-0.25, -0.2) is 0 Å². The number of para-hydroxylation sites is 4. The van der Waals surface area contributed by atoms with Crippen molar-refractivity contribution in [3.8, 4) is 45.3 Å². The molecule has 51 heavy (non-hydrogen) atoms. The van der Waals surface area contributed by atoms with Gasteiger partial charge in [-0.1, -0.05) is 149 Å². The van der Waals surface area contributed by atoms with Gasteiger partial charge >= 0.3 is 0 Å². The van der Waals surface area contributed by atoms with Gasteiger partial charge in [-0.3, -0.25) is 0 Å². The summed E-state index contributed by atoms with van der Waals surface area (Å²) in [5.41, 5.74) is 12.0. The van der Waals surface area contributed by atoms with Crippen molar-refractivity contribution in [3.63, 3.8) is 0 Å². The zero-order valence-electron chi connectivity index (χ0n) is 29.4. The van der Waals surface area contributed by atoms with Crippen molar-refractivity contribution in [2.45, 2.75) is 38.5 Å². The quantitative estimate of drug-likeness (QED) is 0.183. The number of hydrogen-bond donors (Lipinski definition) is 0. The van der Waals surface area contributed by atoms with Gasteiger partial charge in [-0.05, 0) is 59.2 Å². The summed E-state index contributed by atoms with van der Waals surface area (Å²) >= 11 is 0. The second-order valence-electron chi connectivity index (χ2n) is 14.6. The van der Waals surface area contributed by atoms with E-state index in [-0.39, 0.29) is 10.8 Å². The molecule has 0 bridgehead atoms. The van der Waals surface area contributed by atoms with E-state index in [2.05, 4.69) is 184 Å². The lowest BCUT2D eigenvalue weighted by molar-refractivity contribution is 0.419. The average Bonchev–Trinajstić information content (AvgIpc) is 3.16. The highest BCUT2D eigenvalue weighted by atomic mass is 16.5. The first-order valence-electron chi connectivity index (χ1n) is 17.7. The number of rotatable bonds is 5. The number of ether oxygens (including phenoxy) is 2. The van der Waals surface area contributed by atoms with E-state index in [9.17, 15) is 0 Å². The van der Waals surface area contributed by atoms with E-state index in [0.29, 0.717) is 0 Å². The van der Waals surface area contributed by atoms with Crippen LogP contribution in [0.1, 0.15) is 49.9 Å². The lowest BCUT2D eigenvalue weighted by Crippen LogP contribution is -2.25. The Morgan fingerprint density at radius 3 is 1.43 bits per heavy atom. The molecule has 0 aromatic heterocycles. The number of hydrogen-bond acceptors (Lipinski definition) is 3. The molecule has 2 heterocycles. The molecule has 0 spiro atoms. The van der Waals surface area contributed by atoms with Crippen LogP contribution in [-0.2, 0) is 10.8 Å². The Bertz CT molecular complexity index is 2410. The maximum Gasteiger partial charge on any atom is 0.155 e. The highest BCUT2D eigenvalue weighted by Crippen LogP contribution is 2.54. The number of nitrogens with zero attached hydrogens (tertiary/aromatic N) is 1.